The molecule has 0 radical (unpaired) electrons. The molecule has 0 aliphatic rings. The highest BCUT2D eigenvalue weighted by atomic mass is 32.1. The van der Waals surface area contributed by atoms with Gasteiger partial charge in [0.05, 0.1) is 17.9 Å². The Morgan fingerprint density at radius 2 is 1.53 bits per heavy atom. The minimum Gasteiger partial charge on any atom is -0.460 e. The Bertz CT molecular complexity index is 963. The van der Waals surface area contributed by atoms with Crippen molar-refractivity contribution >= 4 is 22.8 Å². The van der Waals surface area contributed by atoms with Crippen LogP contribution < -0.4 is 5.73 Å². The van der Waals surface area contributed by atoms with Gasteiger partial charge in [-0.05, 0) is 6.42 Å². The van der Waals surface area contributed by atoms with E-state index in [1.54, 1.807) is 12.3 Å². The normalized spacial score (nSPS) is 12.1. The van der Waals surface area contributed by atoms with E-state index < -0.39 is 0 Å². The third-order valence-electron chi connectivity index (χ3n) is 6.48. The van der Waals surface area contributed by atoms with E-state index >= 15 is 0 Å². The number of nitrogen functional groups attached to an aromatic ring is 1. The number of anilines is 1. The van der Waals surface area contributed by atoms with E-state index in [2.05, 4.69) is 11.9 Å². The number of nitrogens with two attached hydrogens (primary N) is 1. The van der Waals surface area contributed by atoms with Crippen LogP contribution in [0.1, 0.15) is 112 Å². The highest BCUT2D eigenvalue weighted by Crippen LogP contribution is 2.36. The number of hydrogen-bond donors (Lipinski definition) is 1. The SMILES string of the molecule is CCCCCCCCCCCCCCC(C(=O)c1ccccc1)c1cnc(-c2occc2N)s1. The Kier molecular flexibility index (Phi) is 11.4. The number of carbonyl (C=O) groups is 1. The number of unbranched alkanes of at least 4 members (excludes halogenated alkanes) is 11. The van der Waals surface area contributed by atoms with Crippen LogP contribution >= 0.6 is 11.3 Å². The molecular weight excluding hydrogens is 440 g/mol. The second-order valence-electron chi connectivity index (χ2n) is 9.23. The minimum atomic E-state index is -0.173. The van der Waals surface area contributed by atoms with Gasteiger partial charge in [-0.2, -0.15) is 0 Å². The molecule has 1 unspecified atom stereocenters. The van der Waals surface area contributed by atoms with Crippen molar-refractivity contribution in [2.75, 3.05) is 5.73 Å². The second-order valence-corrected chi connectivity index (χ2v) is 10.3. The maximum Gasteiger partial charge on any atom is 0.185 e. The van der Waals surface area contributed by atoms with Crippen LogP contribution in [-0.4, -0.2) is 10.8 Å². The van der Waals surface area contributed by atoms with Gasteiger partial charge in [-0.25, -0.2) is 4.98 Å². The van der Waals surface area contributed by atoms with E-state index in [0.29, 0.717) is 11.4 Å². The predicted molar refractivity (Wildman–Crippen MR) is 143 cm³/mol. The van der Waals surface area contributed by atoms with Crippen LogP contribution in [0.25, 0.3) is 10.8 Å². The molecule has 0 fully saturated rings. The van der Waals surface area contributed by atoms with Crippen molar-refractivity contribution in [1.29, 1.82) is 0 Å². The first-order chi connectivity index (χ1) is 16.7. The molecule has 2 aromatic heterocycles. The van der Waals surface area contributed by atoms with Crippen LogP contribution in [0.3, 0.4) is 0 Å². The van der Waals surface area contributed by atoms with Gasteiger partial charge in [0, 0.05) is 22.7 Å². The van der Waals surface area contributed by atoms with Crippen molar-refractivity contribution in [2.45, 2.75) is 96.3 Å². The molecule has 1 atom stereocenters. The fraction of sp³-hybridized carbons (Fsp3) is 0.517. The molecule has 34 heavy (non-hydrogen) atoms. The highest BCUT2D eigenvalue weighted by Gasteiger charge is 2.25. The Morgan fingerprint density at radius 1 is 0.912 bits per heavy atom. The maximum absolute atomic E-state index is 13.4. The summed E-state index contributed by atoms with van der Waals surface area (Å²) >= 11 is 1.51. The van der Waals surface area contributed by atoms with E-state index in [1.807, 2.05) is 36.5 Å². The summed E-state index contributed by atoms with van der Waals surface area (Å²) in [4.78, 5) is 18.9. The minimum absolute atomic E-state index is 0.172. The molecule has 0 saturated carbocycles. The molecule has 0 spiro atoms. The van der Waals surface area contributed by atoms with Gasteiger partial charge in [-0.1, -0.05) is 114 Å². The summed E-state index contributed by atoms with van der Waals surface area (Å²) in [6.45, 7) is 2.27. The number of carbonyl (C=O) groups excluding carboxylic acids is 1. The van der Waals surface area contributed by atoms with Gasteiger partial charge in [-0.3, -0.25) is 4.79 Å². The summed E-state index contributed by atoms with van der Waals surface area (Å²) in [6.07, 6.45) is 20.0. The van der Waals surface area contributed by atoms with Gasteiger partial charge < -0.3 is 10.2 Å². The summed E-state index contributed by atoms with van der Waals surface area (Å²) in [6, 6.07) is 11.3. The molecule has 3 rings (SSSR count). The zero-order chi connectivity index (χ0) is 24.0. The van der Waals surface area contributed by atoms with Crippen molar-refractivity contribution < 1.29 is 9.21 Å². The number of ketones is 1. The molecule has 0 bridgehead atoms. The summed E-state index contributed by atoms with van der Waals surface area (Å²) in [7, 11) is 0. The van der Waals surface area contributed by atoms with Crippen LogP contribution in [0.2, 0.25) is 0 Å². The molecule has 0 saturated heterocycles. The topological polar surface area (TPSA) is 69.1 Å². The average molecular weight is 481 g/mol. The van der Waals surface area contributed by atoms with Gasteiger partial charge in [0.2, 0.25) is 0 Å². The van der Waals surface area contributed by atoms with Crippen LogP contribution in [0.4, 0.5) is 5.69 Å². The lowest BCUT2D eigenvalue weighted by Gasteiger charge is -2.14. The average Bonchev–Trinajstić information content (AvgIpc) is 3.51. The van der Waals surface area contributed by atoms with Crippen molar-refractivity contribution in [3.8, 4) is 10.8 Å². The zero-order valence-corrected chi connectivity index (χ0v) is 21.5. The number of nitrogens with zero attached hydrogens (tertiary/aromatic N) is 1. The summed E-state index contributed by atoms with van der Waals surface area (Å²) in [5.41, 5.74) is 7.34. The monoisotopic (exact) mass is 480 g/mol. The molecule has 5 heteroatoms. The first-order valence-electron chi connectivity index (χ1n) is 13.1. The van der Waals surface area contributed by atoms with Crippen LogP contribution in [0.15, 0.2) is 53.3 Å². The second kappa shape index (κ2) is 14.8. The van der Waals surface area contributed by atoms with E-state index in [-0.39, 0.29) is 11.7 Å². The first-order valence-corrected chi connectivity index (χ1v) is 13.9. The molecule has 1 aromatic carbocycles. The van der Waals surface area contributed by atoms with E-state index in [0.717, 1.165) is 28.3 Å². The number of aromatic nitrogens is 1. The van der Waals surface area contributed by atoms with Crippen molar-refractivity contribution in [1.82, 2.24) is 4.98 Å². The number of Topliss-reactive ketones (excluding diaryl/α,β-unsaturated/α-hetero) is 1. The summed E-state index contributed by atoms with van der Waals surface area (Å²) in [5.74, 6) is 0.590. The van der Waals surface area contributed by atoms with Gasteiger partial charge in [-0.15, -0.1) is 11.3 Å². The molecule has 3 aromatic rings. The molecular formula is C29H40N2O2S. The highest BCUT2D eigenvalue weighted by molar-refractivity contribution is 7.15. The van der Waals surface area contributed by atoms with Crippen molar-refractivity contribution in [3.63, 3.8) is 0 Å². The third-order valence-corrected chi connectivity index (χ3v) is 7.59. The smallest absolute Gasteiger partial charge is 0.185 e. The number of benzene rings is 1. The molecule has 4 nitrogen and oxygen atoms in total. The lowest BCUT2D eigenvalue weighted by atomic mass is 9.91. The molecule has 2 heterocycles. The number of rotatable bonds is 17. The summed E-state index contributed by atoms with van der Waals surface area (Å²) in [5, 5.41) is 0.734. The van der Waals surface area contributed by atoms with Gasteiger partial charge in [0.25, 0.3) is 0 Å². The van der Waals surface area contributed by atoms with Crippen LogP contribution in [-0.2, 0) is 0 Å². The van der Waals surface area contributed by atoms with Crippen molar-refractivity contribution in [3.05, 3.63) is 59.3 Å². The number of thiazole rings is 1. The largest absolute Gasteiger partial charge is 0.460 e. The fourth-order valence-electron chi connectivity index (χ4n) is 4.44. The molecule has 2 N–H and O–H groups in total. The molecule has 0 aliphatic carbocycles. The quantitative estimate of drug-likeness (QED) is 0.154. The Labute approximate surface area is 209 Å². The van der Waals surface area contributed by atoms with Gasteiger partial charge in [0.15, 0.2) is 16.6 Å². The van der Waals surface area contributed by atoms with Crippen LogP contribution in [0.5, 0.6) is 0 Å². The van der Waals surface area contributed by atoms with Crippen LogP contribution in [0, 0.1) is 0 Å². The van der Waals surface area contributed by atoms with Crippen molar-refractivity contribution in [2.24, 2.45) is 0 Å². The first kappa shape index (κ1) is 26.2. The Morgan fingerprint density at radius 3 is 2.12 bits per heavy atom. The maximum atomic E-state index is 13.4. The lowest BCUT2D eigenvalue weighted by Crippen LogP contribution is -2.12. The lowest BCUT2D eigenvalue weighted by molar-refractivity contribution is 0.0955. The molecule has 0 amide bonds. The Hall–Kier alpha value is -2.40. The predicted octanol–water partition coefficient (Wildman–Crippen LogP) is 9.04. The number of hydrogen-bond acceptors (Lipinski definition) is 5. The molecule has 0 aliphatic heterocycles. The van der Waals surface area contributed by atoms with E-state index in [4.69, 9.17) is 10.2 Å². The van der Waals surface area contributed by atoms with Gasteiger partial charge in [0.1, 0.15) is 0 Å². The standard InChI is InChI=1S/C29H40N2O2S/c1-2-3-4-5-6-7-8-9-10-11-12-16-19-24(27(32)23-17-14-13-15-18-23)26-22-31-29(34-26)28-25(30)20-21-33-28/h13-15,17-18,20-22,24H,2-12,16,19,30H2,1H3. The summed E-state index contributed by atoms with van der Waals surface area (Å²) < 4.78 is 5.50. The fourth-order valence-corrected chi connectivity index (χ4v) is 5.50. The zero-order valence-electron chi connectivity index (χ0n) is 20.6. The molecule has 184 valence electrons. The number of furan rings is 1. The third kappa shape index (κ3) is 8.12. The van der Waals surface area contributed by atoms with Gasteiger partial charge >= 0.3 is 0 Å². The Balaban J connectivity index is 1.48. The van der Waals surface area contributed by atoms with E-state index in [9.17, 15) is 4.79 Å². The van der Waals surface area contributed by atoms with E-state index in [1.165, 1.54) is 82.0 Å².